The lowest BCUT2D eigenvalue weighted by atomic mass is 10.1. The Morgan fingerprint density at radius 1 is 1.22 bits per heavy atom. The van der Waals surface area contributed by atoms with Crippen LogP contribution in [0.5, 0.6) is 0 Å². The van der Waals surface area contributed by atoms with Crippen molar-refractivity contribution in [2.75, 3.05) is 0 Å². The van der Waals surface area contributed by atoms with Gasteiger partial charge in [-0.1, -0.05) is 18.2 Å². The van der Waals surface area contributed by atoms with Crippen LogP contribution in [0.3, 0.4) is 0 Å². The third-order valence-corrected chi connectivity index (χ3v) is 3.78. The number of nitrogens with zero attached hydrogens (tertiary/aromatic N) is 1. The predicted molar refractivity (Wildman–Crippen MR) is 69.5 cm³/mol. The largest absolute Gasteiger partial charge is 0.288 e. The zero-order valence-electron chi connectivity index (χ0n) is 9.26. The van der Waals surface area contributed by atoms with E-state index in [2.05, 4.69) is 4.98 Å². The molecule has 2 heterocycles. The van der Waals surface area contributed by atoms with Crippen molar-refractivity contribution in [3.63, 3.8) is 0 Å². The van der Waals surface area contributed by atoms with Crippen molar-refractivity contribution < 1.29 is 9.18 Å². The Kier molecular flexibility index (Phi) is 2.64. The van der Waals surface area contributed by atoms with Crippen LogP contribution in [0, 0.1) is 5.82 Å². The molecule has 0 saturated carbocycles. The number of carbonyl (C=O) groups is 1. The Morgan fingerprint density at radius 2 is 2.06 bits per heavy atom. The zero-order valence-corrected chi connectivity index (χ0v) is 10.1. The number of halogens is 1. The van der Waals surface area contributed by atoms with Crippen LogP contribution in [-0.2, 0) is 0 Å². The minimum atomic E-state index is -0.583. The second-order valence-corrected chi connectivity index (χ2v) is 4.92. The highest BCUT2D eigenvalue weighted by Gasteiger charge is 2.16. The third kappa shape index (κ3) is 1.80. The summed E-state index contributed by atoms with van der Waals surface area (Å²) in [6.45, 7) is 0. The summed E-state index contributed by atoms with van der Waals surface area (Å²) in [6.07, 6.45) is 2.48. The highest BCUT2D eigenvalue weighted by Crippen LogP contribution is 2.27. The van der Waals surface area contributed by atoms with Crippen molar-refractivity contribution in [2.24, 2.45) is 0 Å². The SMILES string of the molecule is O=C(c1cc2ccccc2s1)c1ccncc1F. The maximum absolute atomic E-state index is 13.5. The molecule has 2 aromatic heterocycles. The summed E-state index contributed by atoms with van der Waals surface area (Å²) in [5.41, 5.74) is 0.0663. The molecule has 0 N–H and O–H groups in total. The van der Waals surface area contributed by atoms with E-state index in [0.717, 1.165) is 16.3 Å². The van der Waals surface area contributed by atoms with Crippen LogP contribution in [0.4, 0.5) is 4.39 Å². The summed E-state index contributed by atoms with van der Waals surface area (Å²) in [7, 11) is 0. The lowest BCUT2D eigenvalue weighted by Gasteiger charge is -1.98. The summed E-state index contributed by atoms with van der Waals surface area (Å²) in [5, 5.41) is 1.00. The average molecular weight is 257 g/mol. The smallest absolute Gasteiger partial charge is 0.206 e. The van der Waals surface area contributed by atoms with E-state index in [1.54, 1.807) is 6.07 Å². The normalized spacial score (nSPS) is 10.7. The van der Waals surface area contributed by atoms with Gasteiger partial charge in [-0.2, -0.15) is 0 Å². The number of pyridine rings is 1. The fourth-order valence-electron chi connectivity index (χ4n) is 1.79. The zero-order chi connectivity index (χ0) is 12.5. The van der Waals surface area contributed by atoms with Crippen LogP contribution < -0.4 is 0 Å². The summed E-state index contributed by atoms with van der Waals surface area (Å²) < 4.78 is 14.5. The standard InChI is InChI=1S/C14H8FNOS/c15-11-8-16-6-5-10(11)14(17)13-7-9-3-1-2-4-12(9)18-13/h1-8H. The summed E-state index contributed by atoms with van der Waals surface area (Å²) in [6, 6.07) is 10.9. The molecule has 0 radical (unpaired) electrons. The number of benzene rings is 1. The molecular weight excluding hydrogens is 249 g/mol. The van der Waals surface area contributed by atoms with Gasteiger partial charge in [0, 0.05) is 10.9 Å². The van der Waals surface area contributed by atoms with E-state index >= 15 is 0 Å². The maximum Gasteiger partial charge on any atom is 0.206 e. The van der Waals surface area contributed by atoms with E-state index in [0.29, 0.717) is 4.88 Å². The van der Waals surface area contributed by atoms with E-state index in [1.165, 1.54) is 23.6 Å². The van der Waals surface area contributed by atoms with Gasteiger partial charge in [-0.25, -0.2) is 4.39 Å². The van der Waals surface area contributed by atoms with Crippen molar-refractivity contribution >= 4 is 27.2 Å². The highest BCUT2D eigenvalue weighted by molar-refractivity contribution is 7.21. The minimum Gasteiger partial charge on any atom is -0.288 e. The Labute approximate surface area is 107 Å². The van der Waals surface area contributed by atoms with Gasteiger partial charge in [0.2, 0.25) is 5.78 Å². The molecule has 2 nitrogen and oxygen atoms in total. The Morgan fingerprint density at radius 3 is 2.83 bits per heavy atom. The molecule has 0 saturated heterocycles. The van der Waals surface area contributed by atoms with Gasteiger partial charge >= 0.3 is 0 Å². The van der Waals surface area contributed by atoms with Crippen LogP contribution in [0.15, 0.2) is 48.8 Å². The number of rotatable bonds is 2. The fourth-order valence-corrected chi connectivity index (χ4v) is 2.80. The lowest BCUT2D eigenvalue weighted by Crippen LogP contribution is -2.02. The topological polar surface area (TPSA) is 30.0 Å². The summed E-state index contributed by atoms with van der Waals surface area (Å²) >= 11 is 1.37. The van der Waals surface area contributed by atoms with E-state index in [4.69, 9.17) is 0 Å². The average Bonchev–Trinajstić information content (AvgIpc) is 2.82. The van der Waals surface area contributed by atoms with Crippen LogP contribution in [0.25, 0.3) is 10.1 Å². The van der Waals surface area contributed by atoms with Gasteiger partial charge in [0.25, 0.3) is 0 Å². The monoisotopic (exact) mass is 257 g/mol. The Balaban J connectivity index is 2.10. The molecule has 3 aromatic rings. The molecule has 4 heteroatoms. The van der Waals surface area contributed by atoms with Crippen molar-refractivity contribution in [3.8, 4) is 0 Å². The first-order valence-corrected chi connectivity index (χ1v) is 6.20. The van der Waals surface area contributed by atoms with Crippen molar-refractivity contribution in [2.45, 2.75) is 0 Å². The van der Waals surface area contributed by atoms with Gasteiger partial charge < -0.3 is 0 Å². The van der Waals surface area contributed by atoms with Gasteiger partial charge in [-0.05, 0) is 23.6 Å². The number of fused-ring (bicyclic) bond motifs is 1. The van der Waals surface area contributed by atoms with Crippen LogP contribution in [0.2, 0.25) is 0 Å². The van der Waals surface area contributed by atoms with Gasteiger partial charge in [0.1, 0.15) is 0 Å². The van der Waals surface area contributed by atoms with Gasteiger partial charge in [0.05, 0.1) is 16.6 Å². The van der Waals surface area contributed by atoms with Gasteiger partial charge in [-0.3, -0.25) is 9.78 Å². The molecule has 0 aliphatic heterocycles. The van der Waals surface area contributed by atoms with E-state index in [1.807, 2.05) is 24.3 Å². The molecule has 18 heavy (non-hydrogen) atoms. The van der Waals surface area contributed by atoms with E-state index in [9.17, 15) is 9.18 Å². The van der Waals surface area contributed by atoms with E-state index in [-0.39, 0.29) is 11.3 Å². The Bertz CT molecular complexity index is 702. The Hall–Kier alpha value is -2.07. The van der Waals surface area contributed by atoms with Crippen LogP contribution in [-0.4, -0.2) is 10.8 Å². The predicted octanol–water partition coefficient (Wildman–Crippen LogP) is 3.67. The number of thiophene rings is 1. The molecule has 1 aromatic carbocycles. The third-order valence-electron chi connectivity index (χ3n) is 2.67. The highest BCUT2D eigenvalue weighted by atomic mass is 32.1. The van der Waals surface area contributed by atoms with Crippen LogP contribution in [0.1, 0.15) is 15.2 Å². The first kappa shape index (κ1) is 11.0. The second kappa shape index (κ2) is 4.31. The molecule has 0 spiro atoms. The minimum absolute atomic E-state index is 0.0663. The molecule has 0 fully saturated rings. The lowest BCUT2D eigenvalue weighted by molar-refractivity contribution is 0.103. The van der Waals surface area contributed by atoms with Gasteiger partial charge in [0.15, 0.2) is 5.82 Å². The quantitative estimate of drug-likeness (QED) is 0.656. The van der Waals surface area contributed by atoms with Crippen LogP contribution >= 0.6 is 11.3 Å². The second-order valence-electron chi connectivity index (χ2n) is 3.83. The fraction of sp³-hybridized carbons (Fsp3) is 0. The molecule has 0 bridgehead atoms. The number of ketones is 1. The number of aromatic nitrogens is 1. The van der Waals surface area contributed by atoms with Crippen molar-refractivity contribution in [1.29, 1.82) is 0 Å². The van der Waals surface area contributed by atoms with Gasteiger partial charge in [-0.15, -0.1) is 11.3 Å². The number of carbonyl (C=O) groups excluding carboxylic acids is 1. The van der Waals surface area contributed by atoms with Crippen molar-refractivity contribution in [3.05, 3.63) is 65.0 Å². The van der Waals surface area contributed by atoms with Crippen molar-refractivity contribution in [1.82, 2.24) is 4.98 Å². The molecular formula is C14H8FNOS. The molecule has 3 rings (SSSR count). The number of hydrogen-bond donors (Lipinski definition) is 0. The molecule has 0 aliphatic rings. The maximum atomic E-state index is 13.5. The molecule has 0 amide bonds. The summed E-state index contributed by atoms with van der Waals surface area (Å²) in [4.78, 5) is 16.4. The molecule has 88 valence electrons. The molecule has 0 aliphatic carbocycles. The first-order valence-electron chi connectivity index (χ1n) is 5.38. The first-order chi connectivity index (χ1) is 8.75. The molecule has 0 unspecified atom stereocenters. The summed E-state index contributed by atoms with van der Waals surface area (Å²) in [5.74, 6) is -0.879. The van der Waals surface area contributed by atoms with E-state index < -0.39 is 5.82 Å². The molecule has 0 atom stereocenters. The number of hydrogen-bond acceptors (Lipinski definition) is 3.